The molecular formula is C68H92N8O6. The summed E-state index contributed by atoms with van der Waals surface area (Å²) in [5, 5.41) is 0. The fourth-order valence-electron chi connectivity index (χ4n) is 11.6. The second-order valence-electron chi connectivity index (χ2n) is 22.2. The number of hydrogen-bond donors (Lipinski definition) is 4. The predicted molar refractivity (Wildman–Crippen MR) is 335 cm³/mol. The molecule has 2 aliphatic carbocycles. The zero-order valence-corrected chi connectivity index (χ0v) is 50.6. The number of fused-ring (bicyclic) bond motifs is 2. The number of likely N-dealkylation sites (tertiary alicyclic amines) is 2. The Bertz CT molecular complexity index is 2800. The fourth-order valence-corrected chi connectivity index (χ4v) is 11.6. The molecule has 440 valence electrons. The van der Waals surface area contributed by atoms with Gasteiger partial charge in [0.15, 0.2) is 0 Å². The largest absolute Gasteiger partial charge is 0.388 e. The van der Waals surface area contributed by atoms with Gasteiger partial charge in [-0.25, -0.2) is 9.97 Å². The first-order valence-corrected chi connectivity index (χ1v) is 28.4. The van der Waals surface area contributed by atoms with E-state index in [2.05, 4.69) is 144 Å². The molecule has 4 aliphatic rings. The number of aldehydes is 2. The quantitative estimate of drug-likeness (QED) is 0.0600. The van der Waals surface area contributed by atoms with Gasteiger partial charge < -0.3 is 40.5 Å². The van der Waals surface area contributed by atoms with Crippen LogP contribution in [0.15, 0.2) is 128 Å². The van der Waals surface area contributed by atoms with E-state index in [1.165, 1.54) is 77.5 Å². The van der Waals surface area contributed by atoms with Gasteiger partial charge in [0.2, 0.25) is 12.8 Å². The van der Waals surface area contributed by atoms with Crippen LogP contribution in [0.4, 0.5) is 0 Å². The Hall–Kier alpha value is -7.36. The van der Waals surface area contributed by atoms with E-state index in [4.69, 9.17) is 19.6 Å². The maximum absolute atomic E-state index is 9.98. The number of carbonyl (C=O) groups is 4. The summed E-state index contributed by atoms with van der Waals surface area (Å²) in [5.74, 6) is 2.19. The van der Waals surface area contributed by atoms with E-state index in [9.17, 15) is 9.59 Å². The van der Waals surface area contributed by atoms with Crippen LogP contribution in [-0.4, -0.2) is 111 Å². The van der Waals surface area contributed by atoms with Crippen molar-refractivity contribution in [3.63, 3.8) is 0 Å². The van der Waals surface area contributed by atoms with Crippen LogP contribution >= 0.6 is 0 Å². The molecule has 0 spiro atoms. The summed E-state index contributed by atoms with van der Waals surface area (Å²) >= 11 is 0. The average Bonchev–Trinajstić information content (AvgIpc) is 4.49. The number of ether oxygens (including phenoxy) is 2. The Balaban J connectivity index is 0.000000370. The Labute approximate surface area is 488 Å². The molecule has 10 rings (SSSR count). The van der Waals surface area contributed by atoms with Crippen LogP contribution in [0.1, 0.15) is 137 Å². The van der Waals surface area contributed by atoms with Gasteiger partial charge in [0.25, 0.3) is 0 Å². The molecule has 14 heteroatoms. The van der Waals surface area contributed by atoms with Gasteiger partial charge in [-0.3, -0.25) is 19.4 Å². The zero-order valence-electron chi connectivity index (χ0n) is 50.6. The van der Waals surface area contributed by atoms with Crippen LogP contribution in [0.25, 0.3) is 44.8 Å². The summed E-state index contributed by atoms with van der Waals surface area (Å²) in [4.78, 5) is 58.9. The number of aromatic nitrogens is 4. The molecule has 2 fully saturated rings. The number of allylic oxidation sites excluding steroid dienone is 4. The van der Waals surface area contributed by atoms with Gasteiger partial charge in [-0.05, 0) is 169 Å². The molecule has 2 amide bonds. The van der Waals surface area contributed by atoms with Crippen molar-refractivity contribution >= 4 is 25.4 Å². The van der Waals surface area contributed by atoms with Gasteiger partial charge in [-0.15, -0.1) is 0 Å². The van der Waals surface area contributed by atoms with Gasteiger partial charge in [-0.2, -0.15) is 0 Å². The number of nitrogens with two attached hydrogens (primary N) is 2. The van der Waals surface area contributed by atoms with Gasteiger partial charge in [0.05, 0.1) is 35.9 Å². The molecule has 2 saturated heterocycles. The number of nitrogens with one attached hydrogen (secondary N) is 2. The van der Waals surface area contributed by atoms with Crippen molar-refractivity contribution in [3.05, 3.63) is 168 Å². The third kappa shape index (κ3) is 18.1. The van der Waals surface area contributed by atoms with Crippen LogP contribution < -0.4 is 11.5 Å². The van der Waals surface area contributed by atoms with Crippen molar-refractivity contribution < 1.29 is 28.7 Å². The fraction of sp³-hybridized carbons (Fsp3) is 0.412. The average molecular weight is 1120 g/mol. The molecule has 2 aromatic heterocycles. The van der Waals surface area contributed by atoms with Crippen molar-refractivity contribution in [1.82, 2.24) is 29.7 Å². The molecule has 4 aromatic carbocycles. The smallest absolute Gasteiger partial charge is 0.204 e. The topological polar surface area (TPSA) is 203 Å². The Kier molecular flexibility index (Phi) is 28.0. The minimum absolute atomic E-state index is 0.116. The number of carbonyl (C=O) groups excluding carboxylic acids is 4. The zero-order chi connectivity index (χ0) is 60.2. The highest BCUT2D eigenvalue weighted by Crippen LogP contribution is 2.56. The van der Waals surface area contributed by atoms with Crippen LogP contribution in [0, 0.1) is 0 Å². The summed E-state index contributed by atoms with van der Waals surface area (Å²) in [6.45, 7) is 19.3. The molecule has 14 nitrogen and oxygen atoms in total. The molecule has 0 saturated carbocycles. The van der Waals surface area contributed by atoms with E-state index >= 15 is 0 Å². The second-order valence-corrected chi connectivity index (χ2v) is 22.2. The van der Waals surface area contributed by atoms with Gasteiger partial charge in [-0.1, -0.05) is 138 Å². The van der Waals surface area contributed by atoms with E-state index in [1.54, 1.807) is 62.8 Å². The maximum atomic E-state index is 9.98. The number of aromatic amines is 2. The number of benzene rings is 4. The van der Waals surface area contributed by atoms with Crippen molar-refractivity contribution in [1.29, 1.82) is 0 Å². The molecule has 6 aromatic rings. The van der Waals surface area contributed by atoms with E-state index in [-0.39, 0.29) is 23.7 Å². The number of hydrogen-bond acceptors (Lipinski definition) is 10. The molecule has 0 bridgehead atoms. The van der Waals surface area contributed by atoms with Crippen LogP contribution in [0.2, 0.25) is 0 Å². The lowest BCUT2D eigenvalue weighted by Gasteiger charge is -2.30. The molecule has 0 unspecified atom stereocenters. The van der Waals surface area contributed by atoms with E-state index in [0.29, 0.717) is 24.9 Å². The first-order valence-electron chi connectivity index (χ1n) is 28.4. The lowest BCUT2D eigenvalue weighted by molar-refractivity contribution is -0.108. The molecule has 2 atom stereocenters. The molecular weight excluding hydrogens is 1020 g/mol. The first kappa shape index (κ1) is 67.1. The summed E-state index contributed by atoms with van der Waals surface area (Å²) in [6, 6.07) is 29.6. The Morgan fingerprint density at radius 1 is 0.634 bits per heavy atom. The summed E-state index contributed by atoms with van der Waals surface area (Å²) in [6.07, 6.45) is 24.0. The van der Waals surface area contributed by atoms with Gasteiger partial charge in [0.1, 0.15) is 24.2 Å². The Morgan fingerprint density at radius 3 is 1.37 bits per heavy atom. The highest BCUT2D eigenvalue weighted by atomic mass is 16.5. The standard InChI is InChI=1S/C44H52N6.C9H10O.C9H12O.2C2H6O.2CH3NO/c1-43(2)21-19-31-38(30-17-13-28(14-18-30)34-26-46-42(48-34)36-10-8-24-50(36)6)40-32(20-22-44(40,3)4)37(39(31)43)29-15-11-27(12-16-29)33-25-45-41(47-33)35-9-7-23-49(35)5;10-8-4-7-9-5-2-1-3-6-9;1-3-6-9(4-2)7-5-8-10;2*1-3-2;2*2-1-3/h11-18,25-26,35-36H,7-10,19-24H2,1-6H3,(H,45,47)(H,46,48);1-3,5-6,8H,4,7H2;3-4,6,8H,1-2,5,7H2;2*1-2H3;2*1H,(H2,2,3)/b;;9-6+;;;;/t35-,36-;;;;;;/m0....../s1. The molecule has 6 N–H and O–H groups in total. The summed E-state index contributed by atoms with van der Waals surface area (Å²) < 4.78 is 8.50. The van der Waals surface area contributed by atoms with Crippen LogP contribution in [0.3, 0.4) is 0 Å². The monoisotopic (exact) mass is 1120 g/mol. The number of H-pyrrole nitrogens is 2. The van der Waals surface area contributed by atoms with Crippen molar-refractivity contribution in [2.45, 2.75) is 128 Å². The normalized spacial score (nSPS) is 17.0. The van der Waals surface area contributed by atoms with Crippen molar-refractivity contribution in [2.24, 2.45) is 11.5 Å². The number of amides is 2. The van der Waals surface area contributed by atoms with E-state index in [1.807, 2.05) is 48.8 Å². The number of methoxy groups -OCH3 is 2. The second kappa shape index (κ2) is 34.2. The lowest BCUT2D eigenvalue weighted by Crippen LogP contribution is -2.18. The van der Waals surface area contributed by atoms with Crippen LogP contribution in [0.5, 0.6) is 0 Å². The third-order valence-corrected chi connectivity index (χ3v) is 15.4. The number of imidazole rings is 2. The van der Waals surface area contributed by atoms with Crippen molar-refractivity contribution in [3.8, 4) is 44.8 Å². The maximum Gasteiger partial charge on any atom is 0.204 e. The van der Waals surface area contributed by atoms with E-state index in [0.717, 1.165) is 80.0 Å². The number of rotatable bonds is 14. The third-order valence-electron chi connectivity index (χ3n) is 15.4. The first-order chi connectivity index (χ1) is 39.5. The highest BCUT2D eigenvalue weighted by molar-refractivity contribution is 5.88. The minimum atomic E-state index is 0.116. The molecule has 0 radical (unpaired) electrons. The molecule has 82 heavy (non-hydrogen) atoms. The van der Waals surface area contributed by atoms with E-state index < -0.39 is 0 Å². The van der Waals surface area contributed by atoms with Crippen molar-refractivity contribution in [2.75, 3.05) is 55.6 Å². The lowest BCUT2D eigenvalue weighted by atomic mass is 9.73. The SMILES string of the molecule is C=C/C=C(\C=C)CCC=O.CN1CCC[C@H]1c1ncc(-c2ccc(-c3c4c(c(-c5ccc(-c6cnc([C@@H]7CCCN7C)[nH]6)cc5)c5c3C(C)(C)CC5)C(C)(C)CC4)cc2)[nH]1.COC.COC.NC=O.NC=O.O=CCCc1ccccc1. The molecule has 2 aliphatic heterocycles. The van der Waals surface area contributed by atoms with Crippen LogP contribution in [-0.2, 0) is 58.7 Å². The summed E-state index contributed by atoms with van der Waals surface area (Å²) in [5.41, 5.74) is 27.5. The highest BCUT2D eigenvalue weighted by Gasteiger charge is 2.43. The minimum Gasteiger partial charge on any atom is -0.388 e. The molecule has 4 heterocycles. The number of primary amides is 2. The predicted octanol–water partition coefficient (Wildman–Crippen LogP) is 12.6. The summed E-state index contributed by atoms with van der Waals surface area (Å²) in [7, 11) is 10.9. The Morgan fingerprint density at radius 2 is 1.02 bits per heavy atom. The van der Waals surface area contributed by atoms with Gasteiger partial charge >= 0.3 is 0 Å². The number of aryl methyl sites for hydroxylation is 1. The number of nitrogens with zero attached hydrogens (tertiary/aromatic N) is 4. The van der Waals surface area contributed by atoms with Gasteiger partial charge in [0, 0.05) is 41.3 Å².